The van der Waals surface area contributed by atoms with Gasteiger partial charge in [-0.2, -0.15) is 0 Å². The third-order valence-corrected chi connectivity index (χ3v) is 4.46. The first-order valence-corrected chi connectivity index (χ1v) is 7.27. The smallest absolute Gasteiger partial charge is 0.307 e. The molecule has 0 bridgehead atoms. The topological polar surface area (TPSA) is 69.6 Å². The lowest BCUT2D eigenvalue weighted by molar-refractivity contribution is -0.146. The van der Waals surface area contributed by atoms with E-state index < -0.39 is 11.9 Å². The summed E-state index contributed by atoms with van der Waals surface area (Å²) >= 11 is 0. The molecule has 3 atom stereocenters. The molecule has 19 heavy (non-hydrogen) atoms. The van der Waals surface area contributed by atoms with Gasteiger partial charge >= 0.3 is 5.97 Å². The zero-order valence-electron chi connectivity index (χ0n) is 11.6. The molecule has 1 heterocycles. The largest absolute Gasteiger partial charge is 0.481 e. The van der Waals surface area contributed by atoms with E-state index in [0.29, 0.717) is 25.3 Å². The summed E-state index contributed by atoms with van der Waals surface area (Å²) in [5, 5.41) is 12.1. The molecule has 1 saturated heterocycles. The van der Waals surface area contributed by atoms with Crippen LogP contribution in [0, 0.1) is 17.8 Å². The van der Waals surface area contributed by atoms with Crippen molar-refractivity contribution in [3.63, 3.8) is 0 Å². The molecule has 108 valence electrons. The Kier molecular flexibility index (Phi) is 4.80. The lowest BCUT2D eigenvalue weighted by Gasteiger charge is -2.30. The fourth-order valence-corrected chi connectivity index (χ4v) is 3.39. The predicted molar refractivity (Wildman–Crippen MR) is 71.7 cm³/mol. The van der Waals surface area contributed by atoms with Gasteiger partial charge in [-0.1, -0.05) is 6.42 Å². The monoisotopic (exact) mass is 268 g/mol. The minimum atomic E-state index is -0.824. The highest BCUT2D eigenvalue weighted by molar-refractivity contribution is 5.85. The average Bonchev–Trinajstić information content (AvgIpc) is 2.85. The second kappa shape index (κ2) is 6.37. The Hall–Kier alpha value is -1.10. The molecule has 0 radical (unpaired) electrons. The van der Waals surface area contributed by atoms with Crippen LogP contribution in [0.1, 0.15) is 32.1 Å². The molecule has 0 aromatic carbocycles. The van der Waals surface area contributed by atoms with Crippen LogP contribution in [-0.2, 0) is 9.59 Å². The number of carboxylic acid groups (broad SMARTS) is 1. The van der Waals surface area contributed by atoms with Crippen LogP contribution in [0.4, 0.5) is 0 Å². The van der Waals surface area contributed by atoms with E-state index in [9.17, 15) is 9.59 Å². The van der Waals surface area contributed by atoms with Gasteiger partial charge in [-0.15, -0.1) is 0 Å². The maximum atomic E-state index is 12.1. The molecular formula is C14H24N2O3. The number of piperidine rings is 1. The summed E-state index contributed by atoms with van der Waals surface area (Å²) < 4.78 is 0. The maximum Gasteiger partial charge on any atom is 0.307 e. The summed E-state index contributed by atoms with van der Waals surface area (Å²) in [5.74, 6) is -1.17. The van der Waals surface area contributed by atoms with Crippen molar-refractivity contribution in [2.75, 3.05) is 26.7 Å². The summed E-state index contributed by atoms with van der Waals surface area (Å²) in [4.78, 5) is 25.5. The highest BCUT2D eigenvalue weighted by Gasteiger charge is 2.37. The Labute approximate surface area is 114 Å². The Bertz CT molecular complexity index is 346. The minimum Gasteiger partial charge on any atom is -0.481 e. The lowest BCUT2D eigenvalue weighted by atomic mass is 9.94. The van der Waals surface area contributed by atoms with Gasteiger partial charge in [0.25, 0.3) is 0 Å². The zero-order chi connectivity index (χ0) is 13.8. The average molecular weight is 268 g/mol. The van der Waals surface area contributed by atoms with Crippen molar-refractivity contribution in [1.82, 2.24) is 10.2 Å². The van der Waals surface area contributed by atoms with Crippen molar-refractivity contribution >= 4 is 11.9 Å². The van der Waals surface area contributed by atoms with Gasteiger partial charge < -0.3 is 15.3 Å². The first kappa shape index (κ1) is 14.3. The predicted octanol–water partition coefficient (Wildman–Crippen LogP) is 0.945. The Morgan fingerprint density at radius 2 is 1.95 bits per heavy atom. The molecule has 0 aromatic heterocycles. The van der Waals surface area contributed by atoms with E-state index >= 15 is 0 Å². The van der Waals surface area contributed by atoms with Crippen LogP contribution in [0.3, 0.4) is 0 Å². The number of aliphatic carboxylic acids is 1. The molecule has 2 fully saturated rings. The summed E-state index contributed by atoms with van der Waals surface area (Å²) in [6.07, 6.45) is 4.53. The van der Waals surface area contributed by atoms with E-state index in [4.69, 9.17) is 5.11 Å². The number of carboxylic acids is 1. The highest BCUT2D eigenvalue weighted by atomic mass is 16.4. The van der Waals surface area contributed by atoms with Gasteiger partial charge in [0.05, 0.1) is 11.8 Å². The van der Waals surface area contributed by atoms with Crippen LogP contribution in [0.25, 0.3) is 0 Å². The maximum absolute atomic E-state index is 12.1. The van der Waals surface area contributed by atoms with Crippen molar-refractivity contribution < 1.29 is 14.7 Å². The molecule has 5 nitrogen and oxygen atoms in total. The normalized spacial score (nSPS) is 32.2. The van der Waals surface area contributed by atoms with E-state index in [1.54, 1.807) is 0 Å². The number of amides is 1. The second-order valence-corrected chi connectivity index (χ2v) is 6.00. The van der Waals surface area contributed by atoms with E-state index in [1.807, 2.05) is 0 Å². The van der Waals surface area contributed by atoms with Crippen molar-refractivity contribution in [1.29, 1.82) is 0 Å². The third-order valence-electron chi connectivity index (χ3n) is 4.46. The quantitative estimate of drug-likeness (QED) is 0.796. The molecule has 0 aromatic rings. The van der Waals surface area contributed by atoms with Gasteiger partial charge in [0.15, 0.2) is 0 Å². The van der Waals surface area contributed by atoms with Gasteiger partial charge in [0.2, 0.25) is 5.91 Å². The number of hydrogen-bond acceptors (Lipinski definition) is 3. The van der Waals surface area contributed by atoms with Crippen LogP contribution < -0.4 is 5.32 Å². The first-order chi connectivity index (χ1) is 9.08. The number of carbonyl (C=O) groups is 2. The van der Waals surface area contributed by atoms with Crippen LogP contribution in [0.15, 0.2) is 0 Å². The van der Waals surface area contributed by atoms with Crippen molar-refractivity contribution in [3.8, 4) is 0 Å². The number of nitrogens with zero attached hydrogens (tertiary/aromatic N) is 1. The van der Waals surface area contributed by atoms with Gasteiger partial charge in [-0.3, -0.25) is 9.59 Å². The van der Waals surface area contributed by atoms with E-state index in [1.165, 1.54) is 6.42 Å². The Morgan fingerprint density at radius 1 is 1.21 bits per heavy atom. The molecule has 1 saturated carbocycles. The molecule has 1 aliphatic heterocycles. The minimum absolute atomic E-state index is 0.0573. The summed E-state index contributed by atoms with van der Waals surface area (Å²) in [7, 11) is 2.10. The van der Waals surface area contributed by atoms with Crippen molar-refractivity contribution in [2.24, 2.45) is 17.8 Å². The Balaban J connectivity index is 1.79. The lowest BCUT2D eigenvalue weighted by Crippen LogP contribution is -2.42. The molecule has 2 N–H and O–H groups in total. The number of likely N-dealkylation sites (tertiary alicyclic amines) is 1. The molecule has 2 rings (SSSR count). The number of rotatable bonds is 4. The van der Waals surface area contributed by atoms with Gasteiger partial charge in [-0.25, -0.2) is 0 Å². The van der Waals surface area contributed by atoms with Crippen LogP contribution in [0.5, 0.6) is 0 Å². The summed E-state index contributed by atoms with van der Waals surface area (Å²) in [6.45, 7) is 2.84. The molecule has 5 heteroatoms. The summed E-state index contributed by atoms with van der Waals surface area (Å²) in [6, 6.07) is 0. The molecule has 1 amide bonds. The number of nitrogens with one attached hydrogen (secondary N) is 1. The van der Waals surface area contributed by atoms with E-state index in [-0.39, 0.29) is 11.8 Å². The van der Waals surface area contributed by atoms with Crippen LogP contribution in [-0.4, -0.2) is 48.6 Å². The number of carbonyl (C=O) groups excluding carboxylic acids is 1. The van der Waals surface area contributed by atoms with Gasteiger partial charge in [0.1, 0.15) is 0 Å². The zero-order valence-corrected chi connectivity index (χ0v) is 11.6. The first-order valence-electron chi connectivity index (χ1n) is 7.27. The van der Waals surface area contributed by atoms with Crippen LogP contribution >= 0.6 is 0 Å². The Morgan fingerprint density at radius 3 is 2.63 bits per heavy atom. The second-order valence-electron chi connectivity index (χ2n) is 6.00. The summed E-state index contributed by atoms with van der Waals surface area (Å²) in [5.41, 5.74) is 0. The SMILES string of the molecule is CN1CCCC(CNC(=O)[C@@H]2CCC[C@@H]2C(=O)O)C1. The van der Waals surface area contributed by atoms with Gasteiger partial charge in [-0.05, 0) is 45.2 Å². The van der Waals surface area contributed by atoms with Gasteiger partial charge in [0, 0.05) is 13.1 Å². The molecular weight excluding hydrogens is 244 g/mol. The molecule has 0 spiro atoms. The fourth-order valence-electron chi connectivity index (χ4n) is 3.39. The van der Waals surface area contributed by atoms with E-state index in [0.717, 1.165) is 25.9 Å². The highest BCUT2D eigenvalue weighted by Crippen LogP contribution is 2.32. The number of hydrogen-bond donors (Lipinski definition) is 2. The molecule has 1 unspecified atom stereocenters. The standard InChI is InChI=1S/C14H24N2O3/c1-16-7-3-4-10(9-16)8-15-13(17)11-5-2-6-12(11)14(18)19/h10-12H,2-9H2,1H3,(H,15,17)(H,18,19)/t10?,11-,12+/m1/s1. The molecule has 1 aliphatic carbocycles. The van der Waals surface area contributed by atoms with Crippen LogP contribution in [0.2, 0.25) is 0 Å². The van der Waals surface area contributed by atoms with E-state index in [2.05, 4.69) is 17.3 Å². The third kappa shape index (κ3) is 3.69. The molecule has 2 aliphatic rings. The fraction of sp³-hybridized carbons (Fsp3) is 0.857. The van der Waals surface area contributed by atoms with Crippen molar-refractivity contribution in [2.45, 2.75) is 32.1 Å². The van der Waals surface area contributed by atoms with Crippen molar-refractivity contribution in [3.05, 3.63) is 0 Å².